The quantitative estimate of drug-likeness (QED) is 0.909. The van der Waals surface area contributed by atoms with Crippen molar-refractivity contribution in [1.82, 2.24) is 4.90 Å². The molecule has 1 aliphatic heterocycles. The van der Waals surface area contributed by atoms with Gasteiger partial charge in [-0.25, -0.2) is 4.79 Å². The maximum Gasteiger partial charge on any atom is 0.335 e. The Morgan fingerprint density at radius 3 is 2.16 bits per heavy atom. The van der Waals surface area contributed by atoms with Crippen molar-refractivity contribution >= 4 is 11.9 Å². The molecule has 1 saturated heterocycles. The maximum atomic E-state index is 12.5. The summed E-state index contributed by atoms with van der Waals surface area (Å²) in [4.78, 5) is 25.3. The molecule has 0 saturated carbocycles. The van der Waals surface area contributed by atoms with Crippen molar-refractivity contribution in [1.29, 1.82) is 0 Å². The Morgan fingerprint density at radius 1 is 0.920 bits per heavy atom. The Morgan fingerprint density at radius 2 is 1.56 bits per heavy atom. The Labute approximate surface area is 148 Å². The van der Waals surface area contributed by atoms with E-state index < -0.39 is 5.97 Å². The van der Waals surface area contributed by atoms with Crippen molar-refractivity contribution in [2.24, 2.45) is 5.92 Å². The van der Waals surface area contributed by atoms with Gasteiger partial charge in [0.05, 0.1) is 12.0 Å². The van der Waals surface area contributed by atoms with Gasteiger partial charge < -0.3 is 10.0 Å². The largest absolute Gasteiger partial charge is 0.478 e. The molecule has 2 aromatic rings. The van der Waals surface area contributed by atoms with Crippen molar-refractivity contribution in [3.05, 3.63) is 71.3 Å². The first kappa shape index (κ1) is 17.2. The van der Waals surface area contributed by atoms with E-state index in [9.17, 15) is 9.59 Å². The third-order valence-electron chi connectivity index (χ3n) is 4.89. The summed E-state index contributed by atoms with van der Waals surface area (Å²) in [5, 5.41) is 8.92. The minimum Gasteiger partial charge on any atom is -0.478 e. The van der Waals surface area contributed by atoms with Crippen LogP contribution < -0.4 is 0 Å². The lowest BCUT2D eigenvalue weighted by atomic mass is 9.90. The van der Waals surface area contributed by atoms with Gasteiger partial charge in [0, 0.05) is 13.1 Å². The molecule has 1 fully saturated rings. The number of nitrogens with zero attached hydrogens (tertiary/aromatic N) is 1. The molecule has 0 unspecified atom stereocenters. The molecule has 0 aliphatic carbocycles. The fourth-order valence-electron chi connectivity index (χ4n) is 3.39. The summed E-state index contributed by atoms with van der Waals surface area (Å²) in [6, 6.07) is 17.1. The first-order valence-electron chi connectivity index (χ1n) is 8.76. The molecular weight excluding hydrogens is 314 g/mol. The molecule has 2 aromatic carbocycles. The number of hydrogen-bond acceptors (Lipinski definition) is 2. The average molecular weight is 337 g/mol. The first-order valence-corrected chi connectivity index (χ1v) is 8.76. The number of piperidine rings is 1. The smallest absolute Gasteiger partial charge is 0.335 e. The summed E-state index contributed by atoms with van der Waals surface area (Å²) in [5.41, 5.74) is 2.48. The molecule has 1 amide bonds. The third kappa shape index (κ3) is 4.69. The Hall–Kier alpha value is -2.62. The van der Waals surface area contributed by atoms with Crippen LogP contribution in [-0.4, -0.2) is 35.0 Å². The maximum absolute atomic E-state index is 12.5. The molecule has 25 heavy (non-hydrogen) atoms. The van der Waals surface area contributed by atoms with E-state index in [2.05, 4.69) is 24.3 Å². The SMILES string of the molecule is O=C(O)c1ccc(CC(=O)N2CCC(Cc3ccccc3)CC2)cc1. The summed E-state index contributed by atoms with van der Waals surface area (Å²) in [7, 11) is 0. The van der Waals surface area contributed by atoms with Gasteiger partial charge in [0.2, 0.25) is 5.91 Å². The number of rotatable bonds is 5. The van der Waals surface area contributed by atoms with E-state index in [0.29, 0.717) is 12.3 Å². The lowest BCUT2D eigenvalue weighted by Gasteiger charge is -2.32. The zero-order chi connectivity index (χ0) is 17.6. The molecule has 0 bridgehead atoms. The van der Waals surface area contributed by atoms with E-state index in [1.165, 1.54) is 5.56 Å². The predicted molar refractivity (Wildman–Crippen MR) is 96.6 cm³/mol. The van der Waals surface area contributed by atoms with Gasteiger partial charge in [-0.15, -0.1) is 0 Å². The van der Waals surface area contributed by atoms with Gasteiger partial charge >= 0.3 is 5.97 Å². The minimum absolute atomic E-state index is 0.126. The zero-order valence-corrected chi connectivity index (χ0v) is 14.2. The number of benzene rings is 2. The van der Waals surface area contributed by atoms with E-state index in [4.69, 9.17) is 5.11 Å². The standard InChI is InChI=1S/C21H23NO3/c23-20(15-17-6-8-19(9-7-17)21(24)25)22-12-10-18(11-13-22)14-16-4-2-1-3-5-16/h1-9,18H,10-15H2,(H,24,25). The van der Waals surface area contributed by atoms with Crippen molar-refractivity contribution in [3.8, 4) is 0 Å². The van der Waals surface area contributed by atoms with Crippen LogP contribution in [0.3, 0.4) is 0 Å². The normalized spacial score (nSPS) is 15.1. The van der Waals surface area contributed by atoms with Gasteiger partial charge in [0.15, 0.2) is 0 Å². The van der Waals surface area contributed by atoms with Gasteiger partial charge in [-0.1, -0.05) is 42.5 Å². The molecule has 4 nitrogen and oxygen atoms in total. The molecule has 1 heterocycles. The molecule has 3 rings (SSSR count). The van der Waals surface area contributed by atoms with Gasteiger partial charge in [0.1, 0.15) is 0 Å². The highest BCUT2D eigenvalue weighted by Crippen LogP contribution is 2.22. The average Bonchev–Trinajstić information content (AvgIpc) is 2.63. The van der Waals surface area contributed by atoms with Crippen LogP contribution >= 0.6 is 0 Å². The van der Waals surface area contributed by atoms with Crippen molar-refractivity contribution in [3.63, 3.8) is 0 Å². The fraction of sp³-hybridized carbons (Fsp3) is 0.333. The van der Waals surface area contributed by atoms with Crippen LogP contribution in [0.15, 0.2) is 54.6 Å². The van der Waals surface area contributed by atoms with Crippen LogP contribution in [-0.2, 0) is 17.6 Å². The van der Waals surface area contributed by atoms with Crippen molar-refractivity contribution in [2.45, 2.75) is 25.7 Å². The van der Waals surface area contributed by atoms with E-state index in [1.54, 1.807) is 24.3 Å². The van der Waals surface area contributed by atoms with Gasteiger partial charge in [0.25, 0.3) is 0 Å². The summed E-state index contributed by atoms with van der Waals surface area (Å²) in [5.74, 6) is -0.180. The second-order valence-electron chi connectivity index (χ2n) is 6.69. The molecule has 1 N–H and O–H groups in total. The van der Waals surface area contributed by atoms with E-state index in [-0.39, 0.29) is 11.5 Å². The molecule has 0 aromatic heterocycles. The number of aromatic carboxylic acids is 1. The lowest BCUT2D eigenvalue weighted by molar-refractivity contribution is -0.131. The molecule has 0 radical (unpaired) electrons. The Bertz CT molecular complexity index is 717. The zero-order valence-electron chi connectivity index (χ0n) is 14.2. The number of carbonyl (C=O) groups excluding carboxylic acids is 1. The lowest BCUT2D eigenvalue weighted by Crippen LogP contribution is -2.39. The highest BCUT2D eigenvalue weighted by Gasteiger charge is 2.23. The van der Waals surface area contributed by atoms with Gasteiger partial charge in [-0.05, 0) is 48.4 Å². The van der Waals surface area contributed by atoms with Crippen LogP contribution in [0.2, 0.25) is 0 Å². The topological polar surface area (TPSA) is 57.6 Å². The van der Waals surface area contributed by atoms with Crippen LogP contribution in [0.25, 0.3) is 0 Å². The molecule has 0 atom stereocenters. The van der Waals surface area contributed by atoms with Crippen molar-refractivity contribution in [2.75, 3.05) is 13.1 Å². The van der Waals surface area contributed by atoms with E-state index in [1.807, 2.05) is 11.0 Å². The number of carboxylic acids is 1. The van der Waals surface area contributed by atoms with E-state index >= 15 is 0 Å². The van der Waals surface area contributed by atoms with Crippen LogP contribution in [0, 0.1) is 5.92 Å². The summed E-state index contributed by atoms with van der Waals surface area (Å²) in [6.07, 6.45) is 3.50. The first-order chi connectivity index (χ1) is 12.1. The predicted octanol–water partition coefficient (Wildman–Crippen LogP) is 3.41. The third-order valence-corrected chi connectivity index (χ3v) is 4.89. The molecule has 4 heteroatoms. The highest BCUT2D eigenvalue weighted by molar-refractivity contribution is 5.87. The second-order valence-corrected chi connectivity index (χ2v) is 6.69. The van der Waals surface area contributed by atoms with Gasteiger partial charge in [-0.3, -0.25) is 4.79 Å². The number of carbonyl (C=O) groups is 2. The van der Waals surface area contributed by atoms with Crippen molar-refractivity contribution < 1.29 is 14.7 Å². The van der Waals surface area contributed by atoms with Crippen LogP contribution in [0.4, 0.5) is 0 Å². The summed E-state index contributed by atoms with van der Waals surface area (Å²) < 4.78 is 0. The molecular formula is C21H23NO3. The second kappa shape index (κ2) is 7.97. The number of hydrogen-bond donors (Lipinski definition) is 1. The number of likely N-dealkylation sites (tertiary alicyclic amines) is 1. The highest BCUT2D eigenvalue weighted by atomic mass is 16.4. The number of carboxylic acid groups (broad SMARTS) is 1. The molecule has 1 aliphatic rings. The van der Waals surface area contributed by atoms with Crippen LogP contribution in [0.5, 0.6) is 0 Å². The van der Waals surface area contributed by atoms with E-state index in [0.717, 1.165) is 37.9 Å². The number of amides is 1. The minimum atomic E-state index is -0.946. The van der Waals surface area contributed by atoms with Crippen LogP contribution in [0.1, 0.15) is 34.3 Å². The molecule has 130 valence electrons. The monoisotopic (exact) mass is 337 g/mol. The molecule has 0 spiro atoms. The Balaban J connectivity index is 1.49. The Kier molecular flexibility index (Phi) is 5.49. The van der Waals surface area contributed by atoms with Gasteiger partial charge in [-0.2, -0.15) is 0 Å². The fourth-order valence-corrected chi connectivity index (χ4v) is 3.39. The summed E-state index contributed by atoms with van der Waals surface area (Å²) in [6.45, 7) is 1.62. The summed E-state index contributed by atoms with van der Waals surface area (Å²) >= 11 is 0.